The van der Waals surface area contributed by atoms with Crippen molar-refractivity contribution in [3.05, 3.63) is 41.7 Å². The van der Waals surface area contributed by atoms with E-state index in [1.165, 1.54) is 11.1 Å². The van der Waals surface area contributed by atoms with Crippen molar-refractivity contribution in [1.82, 2.24) is 0 Å². The van der Waals surface area contributed by atoms with Crippen LogP contribution >= 0.6 is 0 Å². The Morgan fingerprint density at radius 3 is 2.91 bits per heavy atom. The van der Waals surface area contributed by atoms with E-state index in [2.05, 4.69) is 33.2 Å². The molecule has 0 aromatic heterocycles. The molecule has 1 aromatic carbocycles. The number of rotatable bonds is 0. The van der Waals surface area contributed by atoms with Crippen molar-refractivity contribution in [2.24, 2.45) is 0 Å². The van der Waals surface area contributed by atoms with Crippen LogP contribution in [0.3, 0.4) is 0 Å². The van der Waals surface area contributed by atoms with Crippen LogP contribution in [0.2, 0.25) is 0 Å². The van der Waals surface area contributed by atoms with Crippen molar-refractivity contribution >= 4 is 3.79 Å². The third kappa shape index (κ3) is 1.27. The number of hydrogen-bond acceptors (Lipinski definition) is 1. The summed E-state index contributed by atoms with van der Waals surface area (Å²) in [6.07, 6.45) is 1.80. The molecule has 0 spiro atoms. The van der Waals surface area contributed by atoms with Gasteiger partial charge in [0.05, 0.1) is 0 Å². The first-order valence-electron chi connectivity index (χ1n) is 3.39. The molecule has 0 saturated heterocycles. The molecule has 1 aromatic rings. The van der Waals surface area contributed by atoms with E-state index in [0.717, 1.165) is 3.79 Å². The van der Waals surface area contributed by atoms with Crippen LogP contribution in [0.4, 0.5) is 0 Å². The molecule has 0 aliphatic carbocycles. The molecule has 0 atom stereocenters. The van der Waals surface area contributed by atoms with Gasteiger partial charge in [0.15, 0.2) is 0 Å². The Morgan fingerprint density at radius 2 is 2.09 bits per heavy atom. The average molecular weight is 328 g/mol. The fourth-order valence-electron chi connectivity index (χ4n) is 1.12. The molecule has 11 heavy (non-hydrogen) atoms. The van der Waals surface area contributed by atoms with Gasteiger partial charge in [-0.15, -0.1) is 0 Å². The van der Waals surface area contributed by atoms with Crippen molar-refractivity contribution < 1.29 is 25.8 Å². The topological polar surface area (TPSA) is 9.23 Å². The first-order valence-corrected chi connectivity index (χ1v) is 4.48. The van der Waals surface area contributed by atoms with E-state index in [4.69, 9.17) is 4.74 Å². The normalized spacial score (nSPS) is 14.9. The molecule has 2 heteroatoms. The number of hydrogen-bond donors (Lipinski definition) is 0. The van der Waals surface area contributed by atoms with E-state index < -0.39 is 0 Å². The Labute approximate surface area is 78.0 Å². The third-order valence-electron chi connectivity index (χ3n) is 1.67. The Bertz CT molecular complexity index is 304. The van der Waals surface area contributed by atoms with Crippen molar-refractivity contribution in [1.29, 1.82) is 0 Å². The van der Waals surface area contributed by atoms with E-state index in [1.807, 2.05) is 12.1 Å². The van der Waals surface area contributed by atoms with Gasteiger partial charge in [-0.05, 0) is 0 Å². The summed E-state index contributed by atoms with van der Waals surface area (Å²) in [5, 5.41) is 0. The van der Waals surface area contributed by atoms with Crippen molar-refractivity contribution in [3.63, 3.8) is 0 Å². The molecule has 0 bridgehead atoms. The quantitative estimate of drug-likeness (QED) is 0.663. The first-order chi connectivity index (χ1) is 5.38. The molecule has 1 aliphatic heterocycles. The van der Waals surface area contributed by atoms with E-state index in [-0.39, 0.29) is 0 Å². The monoisotopic (exact) mass is 328 g/mol. The number of fused-ring (bicyclic) bond motifs is 1. The zero-order valence-corrected chi connectivity index (χ0v) is 7.97. The molecule has 0 N–H and O–H groups in total. The molecule has 1 aliphatic rings. The Balaban J connectivity index is 2.56. The van der Waals surface area contributed by atoms with Gasteiger partial charge >= 0.3 is 77.9 Å². The molecule has 0 amide bonds. The summed E-state index contributed by atoms with van der Waals surface area (Å²) in [5.41, 5.74) is 2.56. The van der Waals surface area contributed by atoms with Crippen molar-refractivity contribution in [2.45, 2.75) is 6.61 Å². The van der Waals surface area contributed by atoms with Crippen LogP contribution in [-0.4, -0.2) is 0 Å². The molecule has 1 nitrogen and oxygen atoms in total. The standard InChI is InChI=1S/C9H7O.Au/c1-2-4-9-7-10-6-5-8(9)3-1;/h1-4,6H,7H2;. The van der Waals surface area contributed by atoms with Crippen LogP contribution in [0.25, 0.3) is 3.79 Å². The summed E-state index contributed by atoms with van der Waals surface area (Å²) in [6, 6.07) is 8.29. The fraction of sp³-hybridized carbons (Fsp3) is 0.111. The van der Waals surface area contributed by atoms with Gasteiger partial charge in [-0.25, -0.2) is 0 Å². The van der Waals surface area contributed by atoms with Gasteiger partial charge in [0, 0.05) is 0 Å². The van der Waals surface area contributed by atoms with Gasteiger partial charge in [-0.3, -0.25) is 0 Å². The molecule has 0 saturated carbocycles. The van der Waals surface area contributed by atoms with E-state index in [9.17, 15) is 0 Å². The molecule has 60 valence electrons. The minimum atomic E-state index is 0.707. The van der Waals surface area contributed by atoms with Crippen LogP contribution in [0, 0.1) is 0 Å². The summed E-state index contributed by atoms with van der Waals surface area (Å²) >= 11 is 2.47. The predicted octanol–water partition coefficient (Wildman–Crippen LogP) is 2.06. The Kier molecular flexibility index (Phi) is 1.86. The number of ether oxygens (including phenoxy) is 1. The molecule has 1 heterocycles. The Morgan fingerprint density at radius 1 is 1.27 bits per heavy atom. The van der Waals surface area contributed by atoms with Crippen LogP contribution in [0.5, 0.6) is 0 Å². The molecule has 0 fully saturated rings. The van der Waals surface area contributed by atoms with Crippen LogP contribution < -0.4 is 0 Å². The Hall–Kier alpha value is -0.500. The summed E-state index contributed by atoms with van der Waals surface area (Å²) in [4.78, 5) is 0. The van der Waals surface area contributed by atoms with Gasteiger partial charge in [0.2, 0.25) is 0 Å². The average Bonchev–Trinajstić information content (AvgIpc) is 2.06. The summed E-state index contributed by atoms with van der Waals surface area (Å²) in [7, 11) is 0. The second kappa shape index (κ2) is 2.86. The molecule has 2 rings (SSSR count). The van der Waals surface area contributed by atoms with Crippen LogP contribution in [0.15, 0.2) is 30.5 Å². The van der Waals surface area contributed by atoms with Crippen molar-refractivity contribution in [3.8, 4) is 0 Å². The zero-order valence-electron chi connectivity index (χ0n) is 5.80. The van der Waals surface area contributed by atoms with Crippen LogP contribution in [-0.2, 0) is 32.4 Å². The fourth-order valence-corrected chi connectivity index (χ4v) is 1.83. The van der Waals surface area contributed by atoms with Crippen molar-refractivity contribution in [2.75, 3.05) is 0 Å². The second-order valence-corrected chi connectivity index (χ2v) is 3.56. The summed E-state index contributed by atoms with van der Waals surface area (Å²) in [5.74, 6) is 0. The molecular formula is C9H7AuO. The predicted molar refractivity (Wildman–Crippen MR) is 39.2 cm³/mol. The second-order valence-electron chi connectivity index (χ2n) is 2.39. The number of benzene rings is 1. The zero-order chi connectivity index (χ0) is 7.68. The van der Waals surface area contributed by atoms with Gasteiger partial charge in [0.1, 0.15) is 0 Å². The summed E-state index contributed by atoms with van der Waals surface area (Å²) in [6.45, 7) is 0.707. The molecule has 0 radical (unpaired) electrons. The van der Waals surface area contributed by atoms with Gasteiger partial charge in [-0.1, -0.05) is 0 Å². The summed E-state index contributed by atoms with van der Waals surface area (Å²) < 4.78 is 6.39. The van der Waals surface area contributed by atoms with Crippen LogP contribution in [0.1, 0.15) is 11.1 Å². The molecular weight excluding hydrogens is 321 g/mol. The molecule has 0 unspecified atom stereocenters. The van der Waals surface area contributed by atoms with Gasteiger partial charge in [-0.2, -0.15) is 0 Å². The minimum absolute atomic E-state index is 0.707. The van der Waals surface area contributed by atoms with E-state index >= 15 is 0 Å². The van der Waals surface area contributed by atoms with E-state index in [0.29, 0.717) is 6.61 Å². The van der Waals surface area contributed by atoms with Gasteiger partial charge in [0.25, 0.3) is 0 Å². The van der Waals surface area contributed by atoms with E-state index in [1.54, 1.807) is 6.26 Å². The van der Waals surface area contributed by atoms with Gasteiger partial charge < -0.3 is 0 Å². The first kappa shape index (κ1) is 7.17. The SMILES string of the molecule is [Au][C]1=COCc2ccccc21. The third-order valence-corrected chi connectivity index (χ3v) is 2.51. The maximum atomic E-state index is 5.23. The maximum absolute atomic E-state index is 5.23.